The van der Waals surface area contributed by atoms with Crippen molar-refractivity contribution in [2.24, 2.45) is 0 Å². The number of hydrogen-bond acceptors (Lipinski definition) is 4. The van der Waals surface area contributed by atoms with E-state index in [-0.39, 0.29) is 0 Å². The number of fused-ring (bicyclic) bond motifs is 1. The molecule has 0 amide bonds. The van der Waals surface area contributed by atoms with E-state index in [0.29, 0.717) is 5.82 Å². The Kier molecular flexibility index (Phi) is 3.16. The molecule has 3 aromatic rings. The van der Waals surface area contributed by atoms with Crippen LogP contribution in [0.5, 0.6) is 0 Å². The highest BCUT2D eigenvalue weighted by atomic mass is 16.3. The molecule has 3 rings (SSSR count). The fourth-order valence-electron chi connectivity index (χ4n) is 2.20. The van der Waals surface area contributed by atoms with Gasteiger partial charge in [-0.1, -0.05) is 24.3 Å². The lowest BCUT2D eigenvalue weighted by Crippen LogP contribution is -2.02. The van der Waals surface area contributed by atoms with Crippen LogP contribution in [0.1, 0.15) is 24.3 Å². The average Bonchev–Trinajstić information content (AvgIpc) is 2.46. The minimum atomic E-state index is -0.561. The molecule has 0 bridgehead atoms. The topological polar surface area (TPSA) is 58.9 Å². The van der Waals surface area contributed by atoms with Crippen LogP contribution in [0.4, 0.5) is 0 Å². The second-order valence-corrected chi connectivity index (χ2v) is 4.80. The van der Waals surface area contributed by atoms with E-state index in [9.17, 15) is 5.11 Å². The Morgan fingerprint density at radius 1 is 1.05 bits per heavy atom. The van der Waals surface area contributed by atoms with Gasteiger partial charge in [0.15, 0.2) is 5.82 Å². The second kappa shape index (κ2) is 4.98. The number of rotatable bonds is 2. The molecular formula is C16H15N3O. The monoisotopic (exact) mass is 265 g/mol. The molecule has 4 nitrogen and oxygen atoms in total. The van der Waals surface area contributed by atoms with E-state index in [2.05, 4.69) is 15.0 Å². The van der Waals surface area contributed by atoms with Crippen molar-refractivity contribution < 1.29 is 5.11 Å². The number of aromatic nitrogens is 3. The number of aliphatic hydroxyl groups is 1. The maximum Gasteiger partial charge on any atom is 0.178 e. The van der Waals surface area contributed by atoms with Gasteiger partial charge in [-0.2, -0.15) is 0 Å². The summed E-state index contributed by atoms with van der Waals surface area (Å²) in [6.07, 6.45) is 1.10. The smallest absolute Gasteiger partial charge is 0.178 e. The van der Waals surface area contributed by atoms with E-state index in [1.807, 2.05) is 43.3 Å². The summed E-state index contributed by atoms with van der Waals surface area (Å²) in [5, 5.41) is 10.7. The molecule has 1 aromatic carbocycles. The predicted octanol–water partition coefficient (Wildman–Crippen LogP) is 3.05. The third-order valence-electron chi connectivity index (χ3n) is 3.29. The van der Waals surface area contributed by atoms with Gasteiger partial charge in [0.25, 0.3) is 0 Å². The Labute approximate surface area is 117 Å². The van der Waals surface area contributed by atoms with Crippen molar-refractivity contribution in [3.8, 4) is 11.5 Å². The maximum absolute atomic E-state index is 9.61. The number of benzene rings is 1. The van der Waals surface area contributed by atoms with Crippen LogP contribution < -0.4 is 0 Å². The fourth-order valence-corrected chi connectivity index (χ4v) is 2.20. The first-order valence-corrected chi connectivity index (χ1v) is 6.53. The van der Waals surface area contributed by atoms with Crippen molar-refractivity contribution in [3.05, 3.63) is 53.9 Å². The van der Waals surface area contributed by atoms with Crippen LogP contribution in [0.2, 0.25) is 0 Å². The van der Waals surface area contributed by atoms with E-state index < -0.39 is 6.10 Å². The molecule has 0 aliphatic heterocycles. The summed E-state index contributed by atoms with van der Waals surface area (Å²) in [6, 6.07) is 11.9. The van der Waals surface area contributed by atoms with Crippen molar-refractivity contribution in [2.45, 2.75) is 20.0 Å². The summed E-state index contributed by atoms with van der Waals surface area (Å²) in [6.45, 7) is 3.58. The molecule has 20 heavy (non-hydrogen) atoms. The van der Waals surface area contributed by atoms with E-state index in [0.717, 1.165) is 27.9 Å². The molecule has 0 unspecified atom stereocenters. The molecule has 2 aromatic heterocycles. The van der Waals surface area contributed by atoms with Crippen LogP contribution in [-0.2, 0) is 0 Å². The van der Waals surface area contributed by atoms with Crippen LogP contribution in [0.15, 0.2) is 42.6 Å². The SMILES string of the molecule is Cc1nc(-c2ccc3ccccc3n2)ncc1[C@@H](C)O. The van der Waals surface area contributed by atoms with E-state index in [1.165, 1.54) is 0 Å². The van der Waals surface area contributed by atoms with Gasteiger partial charge >= 0.3 is 0 Å². The van der Waals surface area contributed by atoms with Gasteiger partial charge in [0.2, 0.25) is 0 Å². The molecule has 0 spiro atoms. The molecule has 4 heteroatoms. The number of pyridine rings is 1. The molecule has 100 valence electrons. The number of aliphatic hydroxyl groups excluding tert-OH is 1. The van der Waals surface area contributed by atoms with Crippen molar-refractivity contribution in [2.75, 3.05) is 0 Å². The highest BCUT2D eigenvalue weighted by Gasteiger charge is 2.10. The largest absolute Gasteiger partial charge is 0.389 e. The molecule has 0 aliphatic rings. The lowest BCUT2D eigenvalue weighted by atomic mass is 10.1. The van der Waals surface area contributed by atoms with Gasteiger partial charge in [0.1, 0.15) is 5.69 Å². The van der Waals surface area contributed by atoms with Crippen molar-refractivity contribution in [3.63, 3.8) is 0 Å². The first-order valence-electron chi connectivity index (χ1n) is 6.53. The zero-order valence-corrected chi connectivity index (χ0v) is 11.4. The van der Waals surface area contributed by atoms with Gasteiger partial charge in [0.05, 0.1) is 11.6 Å². The molecule has 0 aliphatic carbocycles. The standard InChI is InChI=1S/C16H15N3O/c1-10-13(11(2)20)9-17-16(18-10)15-8-7-12-5-3-4-6-14(12)19-15/h3-9,11,20H,1-2H3/t11-/m1/s1. The molecule has 0 saturated heterocycles. The molecule has 1 atom stereocenters. The number of nitrogens with zero attached hydrogens (tertiary/aromatic N) is 3. The maximum atomic E-state index is 9.61. The van der Waals surface area contributed by atoms with E-state index in [1.54, 1.807) is 13.1 Å². The molecule has 0 saturated carbocycles. The first kappa shape index (κ1) is 12.7. The number of aryl methyl sites for hydroxylation is 1. The van der Waals surface area contributed by atoms with Crippen molar-refractivity contribution in [1.82, 2.24) is 15.0 Å². The summed E-state index contributed by atoms with van der Waals surface area (Å²) in [4.78, 5) is 13.3. The summed E-state index contributed by atoms with van der Waals surface area (Å²) >= 11 is 0. The van der Waals surface area contributed by atoms with Crippen LogP contribution in [-0.4, -0.2) is 20.1 Å². The Bertz CT molecular complexity index is 769. The molecule has 1 N–H and O–H groups in total. The second-order valence-electron chi connectivity index (χ2n) is 4.80. The summed E-state index contributed by atoms with van der Waals surface area (Å²) in [7, 11) is 0. The zero-order valence-electron chi connectivity index (χ0n) is 11.4. The van der Waals surface area contributed by atoms with Gasteiger partial charge in [-0.05, 0) is 26.0 Å². The van der Waals surface area contributed by atoms with Crippen LogP contribution >= 0.6 is 0 Å². The normalized spacial score (nSPS) is 12.6. The summed E-state index contributed by atoms with van der Waals surface area (Å²) < 4.78 is 0. The third kappa shape index (κ3) is 2.26. The zero-order chi connectivity index (χ0) is 14.1. The molecule has 0 fully saturated rings. The van der Waals surface area contributed by atoms with Crippen molar-refractivity contribution >= 4 is 10.9 Å². The lowest BCUT2D eigenvalue weighted by molar-refractivity contribution is 0.197. The van der Waals surface area contributed by atoms with Gasteiger partial charge < -0.3 is 5.11 Å². The highest BCUT2D eigenvalue weighted by molar-refractivity contribution is 5.80. The molecular weight excluding hydrogens is 250 g/mol. The average molecular weight is 265 g/mol. The molecule has 2 heterocycles. The van der Waals surface area contributed by atoms with Gasteiger partial charge in [-0.25, -0.2) is 15.0 Å². The first-order chi connectivity index (χ1) is 9.65. The van der Waals surface area contributed by atoms with Crippen LogP contribution in [0.25, 0.3) is 22.4 Å². The third-order valence-corrected chi connectivity index (χ3v) is 3.29. The number of hydrogen-bond donors (Lipinski definition) is 1. The quantitative estimate of drug-likeness (QED) is 0.773. The highest BCUT2D eigenvalue weighted by Crippen LogP contribution is 2.20. The Balaban J connectivity index is 2.08. The minimum absolute atomic E-state index is 0.561. The van der Waals surface area contributed by atoms with Crippen LogP contribution in [0.3, 0.4) is 0 Å². The predicted molar refractivity (Wildman–Crippen MR) is 78.1 cm³/mol. The van der Waals surface area contributed by atoms with Gasteiger partial charge in [-0.15, -0.1) is 0 Å². The van der Waals surface area contributed by atoms with E-state index >= 15 is 0 Å². The van der Waals surface area contributed by atoms with Gasteiger partial charge in [-0.3, -0.25) is 0 Å². The Hall–Kier alpha value is -2.33. The lowest BCUT2D eigenvalue weighted by Gasteiger charge is -2.09. The summed E-state index contributed by atoms with van der Waals surface area (Å²) in [5.74, 6) is 0.581. The van der Waals surface area contributed by atoms with E-state index in [4.69, 9.17) is 0 Å². The Morgan fingerprint density at radius 3 is 2.60 bits per heavy atom. The fraction of sp³-hybridized carbons (Fsp3) is 0.188. The summed E-state index contributed by atoms with van der Waals surface area (Å²) in [5.41, 5.74) is 3.18. The Morgan fingerprint density at radius 2 is 1.85 bits per heavy atom. The van der Waals surface area contributed by atoms with Crippen molar-refractivity contribution in [1.29, 1.82) is 0 Å². The van der Waals surface area contributed by atoms with Crippen LogP contribution in [0, 0.1) is 6.92 Å². The van der Waals surface area contributed by atoms with Gasteiger partial charge in [0, 0.05) is 22.8 Å². The minimum Gasteiger partial charge on any atom is -0.389 e. The molecule has 0 radical (unpaired) electrons. The number of para-hydroxylation sites is 1.